The normalized spacial score (nSPS) is 15.3. The molecular weight excluding hydrogens is 352 g/mol. The van der Waals surface area contributed by atoms with Crippen LogP contribution in [0.4, 0.5) is 0 Å². The molecule has 0 radical (unpaired) electrons. The number of piperidine rings is 1. The maximum atomic E-state index is 12.7. The summed E-state index contributed by atoms with van der Waals surface area (Å²) in [6.45, 7) is 1.29. The van der Waals surface area contributed by atoms with Crippen LogP contribution in [0.3, 0.4) is 0 Å². The van der Waals surface area contributed by atoms with Crippen molar-refractivity contribution in [2.75, 3.05) is 20.2 Å². The molecule has 4 rings (SSSR count). The molecule has 1 saturated heterocycles. The van der Waals surface area contributed by atoms with Crippen molar-refractivity contribution in [1.82, 2.24) is 9.88 Å². The molecule has 0 N–H and O–H groups in total. The highest BCUT2D eigenvalue weighted by Gasteiger charge is 2.28. The van der Waals surface area contributed by atoms with Gasteiger partial charge in [0.05, 0.1) is 12.0 Å². The number of thiophene rings is 1. The van der Waals surface area contributed by atoms with Crippen molar-refractivity contribution >= 4 is 34.3 Å². The summed E-state index contributed by atoms with van der Waals surface area (Å²) in [5.41, 5.74) is 1.67. The van der Waals surface area contributed by atoms with Crippen LogP contribution < -0.4 is 0 Å². The SMILES string of the molecule is COC(=O)c1ccc(C(=O)N2CCC(c3nc4ccccc4o3)CC2)s1. The first-order chi connectivity index (χ1) is 12.7. The molecule has 0 spiro atoms. The average Bonchev–Trinajstić information content (AvgIpc) is 3.34. The van der Waals surface area contributed by atoms with Crippen molar-refractivity contribution in [2.24, 2.45) is 0 Å². The van der Waals surface area contributed by atoms with E-state index in [9.17, 15) is 9.59 Å². The number of ether oxygens (including phenoxy) is 1. The summed E-state index contributed by atoms with van der Waals surface area (Å²) in [4.78, 5) is 31.6. The summed E-state index contributed by atoms with van der Waals surface area (Å²) in [6.07, 6.45) is 1.63. The van der Waals surface area contributed by atoms with Crippen LogP contribution in [0.1, 0.15) is 44.0 Å². The third-order valence-corrected chi connectivity index (χ3v) is 5.70. The number of carbonyl (C=O) groups is 2. The number of amides is 1. The zero-order valence-corrected chi connectivity index (χ0v) is 15.1. The number of nitrogens with zero attached hydrogens (tertiary/aromatic N) is 2. The van der Waals surface area contributed by atoms with Gasteiger partial charge in [-0.15, -0.1) is 11.3 Å². The van der Waals surface area contributed by atoms with Gasteiger partial charge < -0.3 is 14.1 Å². The van der Waals surface area contributed by atoms with Gasteiger partial charge >= 0.3 is 5.97 Å². The predicted octanol–water partition coefficient (Wildman–Crippen LogP) is 3.70. The van der Waals surface area contributed by atoms with Crippen LogP contribution in [0.25, 0.3) is 11.1 Å². The molecule has 1 aliphatic heterocycles. The van der Waals surface area contributed by atoms with Gasteiger partial charge in [0.2, 0.25) is 0 Å². The molecular formula is C19H18N2O4S. The summed E-state index contributed by atoms with van der Waals surface area (Å²) in [5.74, 6) is 0.521. The lowest BCUT2D eigenvalue weighted by molar-refractivity contribution is 0.0606. The highest BCUT2D eigenvalue weighted by Crippen LogP contribution is 2.31. The van der Waals surface area contributed by atoms with E-state index >= 15 is 0 Å². The predicted molar refractivity (Wildman–Crippen MR) is 97.5 cm³/mol. The molecule has 3 heterocycles. The average molecular weight is 370 g/mol. The van der Waals surface area contributed by atoms with Gasteiger partial charge in [-0.05, 0) is 37.1 Å². The minimum absolute atomic E-state index is 0.0406. The van der Waals surface area contributed by atoms with E-state index in [0.29, 0.717) is 22.8 Å². The van der Waals surface area contributed by atoms with Crippen LogP contribution in [0.15, 0.2) is 40.8 Å². The minimum Gasteiger partial charge on any atom is -0.465 e. The number of rotatable bonds is 3. The smallest absolute Gasteiger partial charge is 0.348 e. The van der Waals surface area contributed by atoms with Crippen LogP contribution in [0.2, 0.25) is 0 Å². The molecule has 1 aromatic carbocycles. The molecule has 0 saturated carbocycles. The van der Waals surface area contributed by atoms with E-state index in [4.69, 9.17) is 9.15 Å². The van der Waals surface area contributed by atoms with Gasteiger partial charge in [0.25, 0.3) is 5.91 Å². The Morgan fingerprint density at radius 3 is 2.62 bits per heavy atom. The molecule has 0 atom stereocenters. The lowest BCUT2D eigenvalue weighted by atomic mass is 9.96. The largest absolute Gasteiger partial charge is 0.465 e. The molecule has 3 aromatic rings. The van der Waals surface area contributed by atoms with Crippen LogP contribution in [-0.4, -0.2) is 42.0 Å². The van der Waals surface area contributed by atoms with Gasteiger partial charge in [-0.2, -0.15) is 0 Å². The molecule has 7 heteroatoms. The van der Waals surface area contributed by atoms with Gasteiger partial charge in [0.1, 0.15) is 10.4 Å². The summed E-state index contributed by atoms with van der Waals surface area (Å²) in [7, 11) is 1.33. The molecule has 6 nitrogen and oxygen atoms in total. The van der Waals surface area contributed by atoms with E-state index in [1.807, 2.05) is 29.2 Å². The topological polar surface area (TPSA) is 72.6 Å². The number of oxazole rings is 1. The van der Waals surface area contributed by atoms with Crippen LogP contribution in [0.5, 0.6) is 0 Å². The number of methoxy groups -OCH3 is 1. The maximum Gasteiger partial charge on any atom is 0.348 e. The highest BCUT2D eigenvalue weighted by atomic mass is 32.1. The Kier molecular flexibility index (Phi) is 4.46. The van der Waals surface area contributed by atoms with Crippen molar-refractivity contribution in [3.05, 3.63) is 52.0 Å². The standard InChI is InChI=1S/C19H18N2O4S/c1-24-19(23)16-7-6-15(26-16)18(22)21-10-8-12(9-11-21)17-20-13-4-2-3-5-14(13)25-17/h2-7,12H,8-11H2,1H3. The van der Waals surface area contributed by atoms with Gasteiger partial charge in [-0.1, -0.05) is 12.1 Å². The van der Waals surface area contributed by atoms with Crippen molar-refractivity contribution in [1.29, 1.82) is 0 Å². The van der Waals surface area contributed by atoms with Crippen molar-refractivity contribution in [3.63, 3.8) is 0 Å². The summed E-state index contributed by atoms with van der Waals surface area (Å²) in [5, 5.41) is 0. The Morgan fingerprint density at radius 2 is 1.88 bits per heavy atom. The lowest BCUT2D eigenvalue weighted by Gasteiger charge is -2.30. The van der Waals surface area contributed by atoms with E-state index in [-0.39, 0.29) is 11.8 Å². The molecule has 1 amide bonds. The monoisotopic (exact) mass is 370 g/mol. The molecule has 26 heavy (non-hydrogen) atoms. The second kappa shape index (κ2) is 6.92. The first kappa shape index (κ1) is 16.8. The first-order valence-corrected chi connectivity index (χ1v) is 9.30. The highest BCUT2D eigenvalue weighted by molar-refractivity contribution is 7.15. The number of fused-ring (bicyclic) bond motifs is 1. The summed E-state index contributed by atoms with van der Waals surface area (Å²) in [6, 6.07) is 11.1. The molecule has 1 fully saturated rings. The fraction of sp³-hybridized carbons (Fsp3) is 0.316. The Bertz CT molecular complexity index is 920. The number of hydrogen-bond acceptors (Lipinski definition) is 6. The quantitative estimate of drug-likeness (QED) is 0.658. The fourth-order valence-electron chi connectivity index (χ4n) is 3.21. The maximum absolute atomic E-state index is 12.7. The second-order valence-corrected chi connectivity index (χ2v) is 7.33. The van der Waals surface area contributed by atoms with Crippen molar-refractivity contribution < 1.29 is 18.7 Å². The Labute approximate surface area is 154 Å². The Hall–Kier alpha value is -2.67. The van der Waals surface area contributed by atoms with Gasteiger partial charge in [0.15, 0.2) is 11.5 Å². The van der Waals surface area contributed by atoms with Gasteiger partial charge in [0, 0.05) is 19.0 Å². The Morgan fingerprint density at radius 1 is 1.15 bits per heavy atom. The lowest BCUT2D eigenvalue weighted by Crippen LogP contribution is -2.37. The van der Waals surface area contributed by atoms with Crippen LogP contribution in [-0.2, 0) is 4.74 Å². The second-order valence-electron chi connectivity index (χ2n) is 6.24. The number of para-hydroxylation sites is 2. The number of hydrogen-bond donors (Lipinski definition) is 0. The van der Waals surface area contributed by atoms with Crippen LogP contribution in [0, 0.1) is 0 Å². The van der Waals surface area contributed by atoms with E-state index in [1.54, 1.807) is 12.1 Å². The molecule has 0 aliphatic carbocycles. The number of carbonyl (C=O) groups excluding carboxylic acids is 2. The third kappa shape index (κ3) is 3.10. The molecule has 2 aromatic heterocycles. The number of likely N-dealkylation sites (tertiary alicyclic amines) is 1. The zero-order chi connectivity index (χ0) is 18.1. The number of aromatic nitrogens is 1. The summed E-state index contributed by atoms with van der Waals surface area (Å²) < 4.78 is 10.6. The van der Waals surface area contributed by atoms with E-state index in [1.165, 1.54) is 18.4 Å². The van der Waals surface area contributed by atoms with E-state index in [0.717, 1.165) is 29.8 Å². The van der Waals surface area contributed by atoms with Crippen molar-refractivity contribution in [3.8, 4) is 0 Å². The molecule has 1 aliphatic rings. The summed E-state index contributed by atoms with van der Waals surface area (Å²) >= 11 is 1.17. The minimum atomic E-state index is -0.413. The number of benzene rings is 1. The molecule has 134 valence electrons. The Balaban J connectivity index is 1.42. The fourth-order valence-corrected chi connectivity index (χ4v) is 4.11. The zero-order valence-electron chi connectivity index (χ0n) is 14.3. The van der Waals surface area contributed by atoms with E-state index in [2.05, 4.69) is 4.98 Å². The third-order valence-electron chi connectivity index (χ3n) is 4.65. The van der Waals surface area contributed by atoms with E-state index < -0.39 is 5.97 Å². The van der Waals surface area contributed by atoms with Crippen LogP contribution >= 0.6 is 11.3 Å². The first-order valence-electron chi connectivity index (χ1n) is 8.48. The van der Waals surface area contributed by atoms with Gasteiger partial charge in [-0.25, -0.2) is 9.78 Å². The molecule has 0 unspecified atom stereocenters. The van der Waals surface area contributed by atoms with Crippen molar-refractivity contribution in [2.45, 2.75) is 18.8 Å². The number of esters is 1. The van der Waals surface area contributed by atoms with Gasteiger partial charge in [-0.3, -0.25) is 4.79 Å². The molecule has 0 bridgehead atoms.